The first kappa shape index (κ1) is 71.8. The van der Waals surface area contributed by atoms with Crippen LogP contribution in [0.25, 0.3) is 0 Å². The summed E-state index contributed by atoms with van der Waals surface area (Å²) < 4.78 is 0. The van der Waals surface area contributed by atoms with Crippen LogP contribution in [0.1, 0.15) is 0 Å². The molecule has 0 unspecified atom stereocenters. The predicted octanol–water partition coefficient (Wildman–Crippen LogP) is -4.84. The summed E-state index contributed by atoms with van der Waals surface area (Å²) in [6, 6.07) is 0. The molecule has 0 aromatic rings. The summed E-state index contributed by atoms with van der Waals surface area (Å²) in [7, 11) is 0. The first-order chi connectivity index (χ1) is 5.20. The number of hydrogen-bond donors (Lipinski definition) is 0. The van der Waals surface area contributed by atoms with Crippen LogP contribution in [0.3, 0.4) is 0 Å². The Morgan fingerprint density at radius 2 is 0.444 bits per heavy atom. The predicted molar refractivity (Wildman–Crippen MR) is 49.2 cm³/mol. The molecule has 0 aliphatic rings. The van der Waals surface area contributed by atoms with Crippen LogP contribution in [0.2, 0.25) is 0 Å². The molecule has 0 aliphatic carbocycles. The molecule has 0 saturated heterocycles. The third-order valence-corrected chi connectivity index (χ3v) is 0. The first-order valence-corrected chi connectivity index (χ1v) is 1.64. The van der Waals surface area contributed by atoms with Crippen LogP contribution in [0, 0.1) is 46.0 Å². The molecule has 0 aromatic heterocycles. The summed E-state index contributed by atoms with van der Waals surface area (Å²) >= 11 is 0. The Morgan fingerprint density at radius 1 is 0.444 bits per heavy atom. The van der Waals surface area contributed by atoms with Crippen molar-refractivity contribution in [2.45, 2.75) is 0 Å². The van der Waals surface area contributed by atoms with Gasteiger partial charge in [-0.2, -0.15) is 0 Å². The number of hydrogen-bond acceptors (Lipinski definition) is 9. The Hall–Kier alpha value is -1.73. The normalized spacial score (nSPS) is 4.00. The van der Waals surface area contributed by atoms with E-state index in [9.17, 15) is 0 Å². The zero-order chi connectivity index (χ0) is 10.7. The van der Waals surface area contributed by atoms with Gasteiger partial charge in [0.25, 0.3) is 0 Å². The van der Waals surface area contributed by atoms with Gasteiger partial charge in [0.2, 0.25) is 0 Å². The average molecular weight is 321 g/mol. The molecule has 0 bridgehead atoms. The third-order valence-electron chi connectivity index (χ3n) is 0. The summed E-state index contributed by atoms with van der Waals surface area (Å²) in [5.74, 6) is 0. The summed E-state index contributed by atoms with van der Waals surface area (Å²) in [4.78, 5) is 24.8. The van der Waals surface area contributed by atoms with Crippen LogP contribution >= 0.6 is 0 Å². The minimum absolute atomic E-state index is 0. The van der Waals surface area contributed by atoms with Gasteiger partial charge in [0.1, 0.15) is 0 Å². The molecule has 10 N–H and O–H groups in total. The molecule has 0 saturated carbocycles. The van der Waals surface area contributed by atoms with E-state index < -0.39 is 15.3 Å². The molecule has 0 atom stereocenters. The SMILES string of the molecule is O.O.O.O.O.O=[N+]([O-])[O-].O=[N+]([O-])[O-].O=[N+]([O-])[O-].[Sc+3]. The van der Waals surface area contributed by atoms with Gasteiger partial charge in [-0.3, -0.25) is 0 Å². The van der Waals surface area contributed by atoms with Gasteiger partial charge < -0.3 is 73.3 Å². The fourth-order valence-corrected chi connectivity index (χ4v) is 0. The van der Waals surface area contributed by atoms with Crippen molar-refractivity contribution in [2.75, 3.05) is 0 Å². The molecule has 0 aliphatic heterocycles. The maximum atomic E-state index is 8.25. The van der Waals surface area contributed by atoms with Crippen molar-refractivity contribution in [1.82, 2.24) is 0 Å². The van der Waals surface area contributed by atoms with Crippen LogP contribution < -0.4 is 0 Å². The monoisotopic (exact) mass is 321 g/mol. The smallest absolute Gasteiger partial charge is 0.412 e. The fraction of sp³-hybridized carbons (Fsp3) is 0. The molecule has 0 radical (unpaired) electrons. The second kappa shape index (κ2) is 58.8. The average Bonchev–Trinajstić information content (AvgIpc) is 1.54. The van der Waals surface area contributed by atoms with Gasteiger partial charge in [-0.05, 0) is 0 Å². The van der Waals surface area contributed by atoms with Crippen molar-refractivity contribution >= 4 is 0 Å². The number of rotatable bonds is 0. The maximum Gasteiger partial charge on any atom is 3.00 e. The second-order valence-corrected chi connectivity index (χ2v) is 0.671. The third kappa shape index (κ3) is 840. The molecule has 18 heteroatoms. The molecule has 0 amide bonds. The van der Waals surface area contributed by atoms with Gasteiger partial charge in [-0.15, -0.1) is 0 Å². The van der Waals surface area contributed by atoms with E-state index in [1.54, 1.807) is 0 Å². The molecule has 0 rings (SSSR count). The maximum absolute atomic E-state index is 8.25. The van der Waals surface area contributed by atoms with Crippen molar-refractivity contribution in [3.05, 3.63) is 46.0 Å². The summed E-state index contributed by atoms with van der Waals surface area (Å²) in [5.41, 5.74) is 0. The Balaban J connectivity index is -0.00000000827. The Morgan fingerprint density at radius 3 is 0.444 bits per heavy atom. The standard InChI is InChI=1S/3NO3.5H2O.Sc/c3*2-1(3)4;;;;;;/h;;;5*1H2;/q3*-1;;;;;;+3. The van der Waals surface area contributed by atoms with Gasteiger partial charge in [0, 0.05) is 0 Å². The van der Waals surface area contributed by atoms with E-state index in [0.29, 0.717) is 0 Å². The van der Waals surface area contributed by atoms with Crippen LogP contribution in [-0.2, 0) is 25.8 Å². The Labute approximate surface area is 115 Å². The Bertz CT molecular complexity index is 115. The minimum atomic E-state index is -1.75. The van der Waals surface area contributed by atoms with Crippen LogP contribution in [0.4, 0.5) is 0 Å². The van der Waals surface area contributed by atoms with E-state index in [4.69, 9.17) is 46.0 Å². The molecule has 112 valence electrons. The molecule has 0 aromatic carbocycles. The van der Waals surface area contributed by atoms with Gasteiger partial charge in [0.15, 0.2) is 0 Å². The van der Waals surface area contributed by atoms with E-state index in [1.807, 2.05) is 0 Å². The van der Waals surface area contributed by atoms with Gasteiger partial charge in [-0.25, -0.2) is 0 Å². The van der Waals surface area contributed by atoms with Gasteiger partial charge in [0.05, 0.1) is 15.3 Å². The van der Waals surface area contributed by atoms with E-state index >= 15 is 0 Å². The van der Waals surface area contributed by atoms with Crippen molar-refractivity contribution in [1.29, 1.82) is 0 Å². The van der Waals surface area contributed by atoms with Crippen molar-refractivity contribution < 1.29 is 68.5 Å². The molecule has 18 heavy (non-hydrogen) atoms. The molecule has 17 nitrogen and oxygen atoms in total. The topological polar surface area (TPSA) is 356 Å². The zero-order valence-corrected chi connectivity index (χ0v) is 9.90. The molecule has 0 heterocycles. The summed E-state index contributed by atoms with van der Waals surface area (Å²) in [5, 5.41) is 44.2. The quantitative estimate of drug-likeness (QED) is 0.304. The molecular formula is H10N3O14Sc. The first-order valence-electron chi connectivity index (χ1n) is 1.64. The van der Waals surface area contributed by atoms with Gasteiger partial charge >= 0.3 is 25.8 Å². The van der Waals surface area contributed by atoms with E-state index in [2.05, 4.69) is 0 Å². The van der Waals surface area contributed by atoms with Crippen LogP contribution in [-0.4, -0.2) is 42.6 Å². The Kier molecular flexibility index (Phi) is 235. The molecule has 0 fully saturated rings. The van der Waals surface area contributed by atoms with Crippen molar-refractivity contribution in [3.8, 4) is 0 Å². The largest absolute Gasteiger partial charge is 3.00 e. The second-order valence-electron chi connectivity index (χ2n) is 0.671. The van der Waals surface area contributed by atoms with Crippen LogP contribution in [0.5, 0.6) is 0 Å². The van der Waals surface area contributed by atoms with E-state index in [-0.39, 0.29) is 53.2 Å². The van der Waals surface area contributed by atoms with Crippen molar-refractivity contribution in [2.24, 2.45) is 0 Å². The zero-order valence-electron chi connectivity index (χ0n) is 8.09. The summed E-state index contributed by atoms with van der Waals surface area (Å²) in [6.45, 7) is 0. The van der Waals surface area contributed by atoms with Crippen molar-refractivity contribution in [3.63, 3.8) is 0 Å². The van der Waals surface area contributed by atoms with E-state index in [0.717, 1.165) is 0 Å². The van der Waals surface area contributed by atoms with Gasteiger partial charge in [-0.1, -0.05) is 0 Å². The number of nitrogens with zero attached hydrogens (tertiary/aromatic N) is 3. The molecular weight excluding hydrogens is 311 g/mol. The minimum Gasteiger partial charge on any atom is -0.412 e. The molecule has 0 spiro atoms. The fourth-order valence-electron chi connectivity index (χ4n) is 0. The summed E-state index contributed by atoms with van der Waals surface area (Å²) in [6.07, 6.45) is 0. The van der Waals surface area contributed by atoms with Crippen LogP contribution in [0.15, 0.2) is 0 Å². The van der Waals surface area contributed by atoms with E-state index in [1.165, 1.54) is 0 Å².